The van der Waals surface area contributed by atoms with Gasteiger partial charge in [-0.25, -0.2) is 9.37 Å². The number of H-pyrrole nitrogens is 2. The lowest BCUT2D eigenvalue weighted by atomic mass is 10.0. The number of rotatable bonds is 8. The molecular weight excluding hydrogens is 495 g/mol. The number of amides is 1. The summed E-state index contributed by atoms with van der Waals surface area (Å²) < 4.78 is 14.0. The first-order valence-electron chi connectivity index (χ1n) is 13.6. The van der Waals surface area contributed by atoms with Crippen molar-refractivity contribution >= 4 is 22.6 Å². The maximum atomic E-state index is 14.0. The van der Waals surface area contributed by atoms with Crippen molar-refractivity contribution in [1.82, 2.24) is 24.8 Å². The van der Waals surface area contributed by atoms with E-state index in [1.54, 1.807) is 25.3 Å². The Morgan fingerprint density at radius 1 is 1.13 bits per heavy atom. The van der Waals surface area contributed by atoms with Gasteiger partial charge in [0.05, 0.1) is 16.7 Å². The van der Waals surface area contributed by atoms with Gasteiger partial charge in [-0.3, -0.25) is 9.59 Å². The molecule has 1 saturated heterocycles. The first kappa shape index (κ1) is 25.3. The van der Waals surface area contributed by atoms with Gasteiger partial charge in [0.2, 0.25) is 0 Å². The molecule has 6 rings (SSSR count). The molecule has 4 aromatic rings. The van der Waals surface area contributed by atoms with Crippen molar-refractivity contribution < 1.29 is 9.18 Å². The Morgan fingerprint density at radius 2 is 1.95 bits per heavy atom. The highest BCUT2D eigenvalue weighted by Crippen LogP contribution is 2.30. The quantitative estimate of drug-likeness (QED) is 0.314. The predicted molar refractivity (Wildman–Crippen MR) is 150 cm³/mol. The average Bonchev–Trinajstić information content (AvgIpc) is 3.64. The van der Waals surface area contributed by atoms with Gasteiger partial charge in [-0.1, -0.05) is 12.1 Å². The highest BCUT2D eigenvalue weighted by molar-refractivity contribution is 6.02. The first-order valence-corrected chi connectivity index (χ1v) is 13.6. The lowest BCUT2D eigenvalue weighted by Gasteiger charge is -2.20. The van der Waals surface area contributed by atoms with Crippen molar-refractivity contribution in [2.24, 2.45) is 0 Å². The van der Waals surface area contributed by atoms with E-state index in [1.165, 1.54) is 18.9 Å². The number of aromatic amines is 2. The number of anilines is 1. The van der Waals surface area contributed by atoms with Gasteiger partial charge in [-0.2, -0.15) is 0 Å². The van der Waals surface area contributed by atoms with E-state index in [1.807, 2.05) is 30.0 Å². The van der Waals surface area contributed by atoms with Crippen LogP contribution < -0.4 is 10.9 Å². The SMILES string of the molecule is Cc1c(F)cccc1C[C@H](C)Nc1cc[nH]c(=O)c1-c1nc2cc3c(cc2[nH]1)C(=O)N(CCN1CCCC1)C3. The number of nitrogens with zero attached hydrogens (tertiary/aromatic N) is 3. The summed E-state index contributed by atoms with van der Waals surface area (Å²) in [6, 6.07) is 10.7. The highest BCUT2D eigenvalue weighted by atomic mass is 19.1. The van der Waals surface area contributed by atoms with Crippen molar-refractivity contribution in [2.45, 2.75) is 45.7 Å². The molecule has 0 aliphatic carbocycles. The van der Waals surface area contributed by atoms with Gasteiger partial charge in [0, 0.05) is 37.4 Å². The van der Waals surface area contributed by atoms with Gasteiger partial charge in [0.25, 0.3) is 11.5 Å². The molecule has 4 heterocycles. The lowest BCUT2D eigenvalue weighted by Crippen LogP contribution is -2.33. The molecule has 3 N–H and O–H groups in total. The van der Waals surface area contributed by atoms with Crippen molar-refractivity contribution in [3.8, 4) is 11.4 Å². The number of pyridine rings is 1. The zero-order chi connectivity index (χ0) is 27.1. The van der Waals surface area contributed by atoms with Crippen molar-refractivity contribution in [3.05, 3.63) is 81.0 Å². The smallest absolute Gasteiger partial charge is 0.261 e. The molecule has 0 spiro atoms. The topological polar surface area (TPSA) is 97.1 Å². The van der Waals surface area contributed by atoms with Crippen LogP contribution in [0.4, 0.5) is 10.1 Å². The molecule has 2 aromatic carbocycles. The van der Waals surface area contributed by atoms with Crippen LogP contribution in [-0.4, -0.2) is 62.9 Å². The molecule has 1 fully saturated rings. The minimum Gasteiger partial charge on any atom is -0.381 e. The van der Waals surface area contributed by atoms with Gasteiger partial charge < -0.3 is 25.1 Å². The number of likely N-dealkylation sites (tertiary alicyclic amines) is 1. The average molecular weight is 529 g/mol. The van der Waals surface area contributed by atoms with Gasteiger partial charge in [0.15, 0.2) is 0 Å². The maximum absolute atomic E-state index is 14.0. The Kier molecular flexibility index (Phi) is 6.68. The number of benzene rings is 2. The second kappa shape index (κ2) is 10.3. The monoisotopic (exact) mass is 528 g/mol. The molecule has 39 heavy (non-hydrogen) atoms. The van der Waals surface area contributed by atoms with Crippen LogP contribution in [0, 0.1) is 12.7 Å². The van der Waals surface area contributed by atoms with Crippen molar-refractivity contribution in [2.75, 3.05) is 31.5 Å². The summed E-state index contributed by atoms with van der Waals surface area (Å²) in [5, 5.41) is 3.42. The van der Waals surface area contributed by atoms with E-state index in [0.29, 0.717) is 41.2 Å². The number of carbonyl (C=O) groups excluding carboxylic acids is 1. The number of carbonyl (C=O) groups is 1. The zero-order valence-corrected chi connectivity index (χ0v) is 22.3. The summed E-state index contributed by atoms with van der Waals surface area (Å²) in [4.78, 5) is 41.2. The predicted octanol–water partition coefficient (Wildman–Crippen LogP) is 4.46. The molecule has 0 radical (unpaired) electrons. The molecule has 0 bridgehead atoms. The third-order valence-electron chi connectivity index (χ3n) is 7.98. The molecule has 202 valence electrons. The molecule has 0 saturated carbocycles. The number of hydrogen-bond donors (Lipinski definition) is 3. The van der Waals surface area contributed by atoms with Crippen LogP contribution >= 0.6 is 0 Å². The lowest BCUT2D eigenvalue weighted by molar-refractivity contribution is 0.0763. The summed E-state index contributed by atoms with van der Waals surface area (Å²) >= 11 is 0. The normalized spacial score (nSPS) is 16.3. The van der Waals surface area contributed by atoms with E-state index in [4.69, 9.17) is 4.98 Å². The fraction of sp³-hybridized carbons (Fsp3) is 0.367. The summed E-state index contributed by atoms with van der Waals surface area (Å²) in [5.41, 5.74) is 5.40. The summed E-state index contributed by atoms with van der Waals surface area (Å²) in [7, 11) is 0. The van der Waals surface area contributed by atoms with Crippen molar-refractivity contribution in [3.63, 3.8) is 0 Å². The molecule has 2 aromatic heterocycles. The van der Waals surface area contributed by atoms with E-state index in [9.17, 15) is 14.0 Å². The van der Waals surface area contributed by atoms with Crippen LogP contribution in [-0.2, 0) is 13.0 Å². The number of hydrogen-bond acceptors (Lipinski definition) is 5. The molecule has 9 heteroatoms. The highest BCUT2D eigenvalue weighted by Gasteiger charge is 2.29. The maximum Gasteiger partial charge on any atom is 0.261 e. The van der Waals surface area contributed by atoms with E-state index in [-0.39, 0.29) is 23.3 Å². The molecule has 2 aliphatic heterocycles. The van der Waals surface area contributed by atoms with Crippen LogP contribution in [0.15, 0.2) is 47.4 Å². The third-order valence-corrected chi connectivity index (χ3v) is 7.98. The Morgan fingerprint density at radius 3 is 2.77 bits per heavy atom. The van der Waals surface area contributed by atoms with Crippen molar-refractivity contribution in [1.29, 1.82) is 0 Å². The van der Waals surface area contributed by atoms with Crippen LogP contribution in [0.5, 0.6) is 0 Å². The van der Waals surface area contributed by atoms with Gasteiger partial charge >= 0.3 is 0 Å². The van der Waals surface area contributed by atoms with Crippen LogP contribution in [0.25, 0.3) is 22.4 Å². The van der Waals surface area contributed by atoms with Crippen LogP contribution in [0.2, 0.25) is 0 Å². The molecule has 8 nitrogen and oxygen atoms in total. The van der Waals surface area contributed by atoms with E-state index < -0.39 is 0 Å². The number of imidazole rings is 1. The van der Waals surface area contributed by atoms with E-state index >= 15 is 0 Å². The molecular formula is C30H33FN6O2. The Balaban J connectivity index is 1.24. The van der Waals surface area contributed by atoms with E-state index in [0.717, 1.165) is 48.3 Å². The minimum atomic E-state index is -0.273. The fourth-order valence-electron chi connectivity index (χ4n) is 5.80. The standard InChI is InChI=1S/C30H33FN6O2/c1-18(14-20-6-5-7-23(31)19(20)2)33-24-8-9-32-29(38)27(24)28-34-25-15-21-17-37(13-12-36-10-3-4-11-36)30(39)22(21)16-26(25)35-28/h5-9,15-16,18H,3-4,10-14,17H2,1-2H3,(H,34,35)(H2,32,33,38)/t18-/m0/s1. The van der Waals surface area contributed by atoms with Gasteiger partial charge in [0.1, 0.15) is 17.2 Å². The zero-order valence-electron chi connectivity index (χ0n) is 22.3. The largest absolute Gasteiger partial charge is 0.381 e. The number of nitrogens with one attached hydrogen (secondary N) is 3. The molecule has 2 aliphatic rings. The number of aromatic nitrogens is 3. The number of halogens is 1. The second-order valence-corrected chi connectivity index (χ2v) is 10.8. The third kappa shape index (κ3) is 4.94. The minimum absolute atomic E-state index is 0.0450. The van der Waals surface area contributed by atoms with Gasteiger partial charge in [-0.15, -0.1) is 0 Å². The first-order chi connectivity index (χ1) is 18.9. The number of fused-ring (bicyclic) bond motifs is 2. The molecule has 0 unspecified atom stereocenters. The summed E-state index contributed by atoms with van der Waals surface area (Å²) in [6.45, 7) is 8.22. The Bertz CT molecular complexity index is 1600. The summed E-state index contributed by atoms with van der Waals surface area (Å²) in [5.74, 6) is 0.257. The van der Waals surface area contributed by atoms with Gasteiger partial charge in [-0.05, 0) is 87.2 Å². The molecule has 1 amide bonds. The second-order valence-electron chi connectivity index (χ2n) is 10.8. The van der Waals surface area contributed by atoms with Crippen LogP contribution in [0.1, 0.15) is 46.8 Å². The van der Waals surface area contributed by atoms with E-state index in [2.05, 4.69) is 20.2 Å². The Labute approximate surface area is 226 Å². The fourth-order valence-corrected chi connectivity index (χ4v) is 5.80. The van der Waals surface area contributed by atoms with Crippen LogP contribution in [0.3, 0.4) is 0 Å². The molecule has 1 atom stereocenters. The Hall–Kier alpha value is -3.98. The summed E-state index contributed by atoms with van der Waals surface area (Å²) in [6.07, 6.45) is 4.67.